The maximum atomic E-state index is 12.5. The van der Waals surface area contributed by atoms with Crippen LogP contribution in [0.5, 0.6) is 0 Å². The Kier molecular flexibility index (Phi) is 4.25. The normalized spacial score (nSPS) is 31.7. The van der Waals surface area contributed by atoms with Gasteiger partial charge in [0.05, 0.1) is 0 Å². The summed E-state index contributed by atoms with van der Waals surface area (Å²) in [5, 5.41) is 3.66. The third kappa shape index (κ3) is 2.82. The molecule has 1 aromatic rings. The molecule has 4 unspecified atom stereocenters. The Hall–Kier alpha value is -1.41. The molecule has 112 valence electrons. The third-order valence-electron chi connectivity index (χ3n) is 5.13. The van der Waals surface area contributed by atoms with E-state index in [1.165, 1.54) is 17.5 Å². The third-order valence-corrected chi connectivity index (χ3v) is 5.13. The van der Waals surface area contributed by atoms with Crippen LogP contribution in [0.4, 0.5) is 0 Å². The number of allylic oxidation sites excluding steroid dienone is 1. The van der Waals surface area contributed by atoms with E-state index < -0.39 is 0 Å². The van der Waals surface area contributed by atoms with Crippen LogP contribution < -0.4 is 5.32 Å². The van der Waals surface area contributed by atoms with Crippen LogP contribution in [0.25, 0.3) is 6.08 Å². The molecule has 2 aliphatic rings. The van der Waals surface area contributed by atoms with Crippen LogP contribution in [0.3, 0.4) is 0 Å². The largest absolute Gasteiger partial charge is 0.310 e. The van der Waals surface area contributed by atoms with Crippen molar-refractivity contribution in [1.82, 2.24) is 5.32 Å². The molecule has 0 radical (unpaired) electrons. The van der Waals surface area contributed by atoms with Crippen LogP contribution in [0.1, 0.15) is 56.6 Å². The van der Waals surface area contributed by atoms with Gasteiger partial charge in [0.1, 0.15) is 5.78 Å². The van der Waals surface area contributed by atoms with E-state index in [0.717, 1.165) is 12.8 Å². The van der Waals surface area contributed by atoms with Gasteiger partial charge in [-0.05, 0) is 43.2 Å². The van der Waals surface area contributed by atoms with Gasteiger partial charge >= 0.3 is 0 Å². The van der Waals surface area contributed by atoms with Gasteiger partial charge in [0.15, 0.2) is 0 Å². The number of hydrogen-bond donors (Lipinski definition) is 1. The second-order valence-corrected chi connectivity index (χ2v) is 6.40. The standard InChI is InChI=1S/C19H25NO/c1-3-5-13-6-8-14(9-7-13)16-12-15-10-11-17(20-15)19(16)18(21)4-2/h3,5-9,15-17,19-20H,4,10-12H2,1-2H3/b5-3+. The number of hydrogen-bond acceptors (Lipinski definition) is 2. The Morgan fingerprint density at radius 1 is 1.29 bits per heavy atom. The second-order valence-electron chi connectivity index (χ2n) is 6.40. The highest BCUT2D eigenvalue weighted by molar-refractivity contribution is 5.82. The van der Waals surface area contributed by atoms with E-state index in [0.29, 0.717) is 30.2 Å². The lowest BCUT2D eigenvalue weighted by atomic mass is 9.74. The molecule has 2 bridgehead atoms. The molecule has 21 heavy (non-hydrogen) atoms. The van der Waals surface area contributed by atoms with E-state index in [4.69, 9.17) is 0 Å². The number of carbonyl (C=O) groups excluding carboxylic acids is 1. The number of nitrogens with one attached hydrogen (secondary N) is 1. The van der Waals surface area contributed by atoms with Crippen LogP contribution in [0, 0.1) is 5.92 Å². The molecule has 2 nitrogen and oxygen atoms in total. The van der Waals surface area contributed by atoms with E-state index >= 15 is 0 Å². The Morgan fingerprint density at radius 2 is 2.05 bits per heavy atom. The van der Waals surface area contributed by atoms with Gasteiger partial charge in [-0.3, -0.25) is 4.79 Å². The maximum absolute atomic E-state index is 12.5. The van der Waals surface area contributed by atoms with Gasteiger partial charge in [-0.15, -0.1) is 0 Å². The number of piperidine rings is 1. The predicted molar refractivity (Wildman–Crippen MR) is 87.2 cm³/mol. The van der Waals surface area contributed by atoms with Crippen molar-refractivity contribution in [1.29, 1.82) is 0 Å². The topological polar surface area (TPSA) is 29.1 Å². The van der Waals surface area contributed by atoms with Crippen molar-refractivity contribution in [2.45, 2.75) is 57.5 Å². The molecule has 3 rings (SSSR count). The molecule has 2 heteroatoms. The van der Waals surface area contributed by atoms with Gasteiger partial charge in [-0.2, -0.15) is 0 Å². The van der Waals surface area contributed by atoms with Gasteiger partial charge in [-0.1, -0.05) is 43.3 Å². The Labute approximate surface area is 127 Å². The summed E-state index contributed by atoms with van der Waals surface area (Å²) in [6, 6.07) is 9.80. The van der Waals surface area contributed by atoms with Crippen molar-refractivity contribution in [3.63, 3.8) is 0 Å². The van der Waals surface area contributed by atoms with Crippen molar-refractivity contribution in [3.05, 3.63) is 41.5 Å². The van der Waals surface area contributed by atoms with E-state index in [1.54, 1.807) is 0 Å². The molecule has 2 heterocycles. The number of benzene rings is 1. The van der Waals surface area contributed by atoms with Gasteiger partial charge < -0.3 is 5.32 Å². The first-order chi connectivity index (χ1) is 10.2. The minimum Gasteiger partial charge on any atom is -0.310 e. The Balaban J connectivity index is 1.88. The zero-order chi connectivity index (χ0) is 14.8. The minimum atomic E-state index is 0.168. The number of ketones is 1. The lowest BCUT2D eigenvalue weighted by Crippen LogP contribution is -2.47. The molecule has 2 aliphatic heterocycles. The van der Waals surface area contributed by atoms with Crippen molar-refractivity contribution < 1.29 is 4.79 Å². The second kappa shape index (κ2) is 6.15. The van der Waals surface area contributed by atoms with Crippen LogP contribution in [0.2, 0.25) is 0 Å². The first kappa shape index (κ1) is 14.5. The first-order valence-corrected chi connectivity index (χ1v) is 8.24. The van der Waals surface area contributed by atoms with Crippen molar-refractivity contribution >= 4 is 11.9 Å². The molecular weight excluding hydrogens is 258 g/mol. The Morgan fingerprint density at radius 3 is 2.71 bits per heavy atom. The zero-order valence-electron chi connectivity index (χ0n) is 13.0. The zero-order valence-corrected chi connectivity index (χ0v) is 13.0. The molecule has 0 aromatic heterocycles. The molecule has 0 saturated carbocycles. The number of rotatable bonds is 4. The summed E-state index contributed by atoms with van der Waals surface area (Å²) in [6.07, 6.45) is 8.32. The molecule has 2 fully saturated rings. The SMILES string of the molecule is C/C=C/c1ccc(C2CC3CCC(N3)C2C(=O)CC)cc1. The van der Waals surface area contributed by atoms with Crippen LogP contribution in [-0.4, -0.2) is 17.9 Å². The quantitative estimate of drug-likeness (QED) is 0.907. The highest BCUT2D eigenvalue weighted by Gasteiger charge is 2.44. The fourth-order valence-corrected chi connectivity index (χ4v) is 4.13. The maximum Gasteiger partial charge on any atom is 0.137 e. The molecule has 4 atom stereocenters. The summed E-state index contributed by atoms with van der Waals surface area (Å²) in [5.74, 6) is 0.993. The summed E-state index contributed by atoms with van der Waals surface area (Å²) >= 11 is 0. The number of carbonyl (C=O) groups is 1. The average Bonchev–Trinajstić information content (AvgIpc) is 2.89. The summed E-state index contributed by atoms with van der Waals surface area (Å²) in [4.78, 5) is 12.5. The molecule has 1 N–H and O–H groups in total. The van der Waals surface area contributed by atoms with Gasteiger partial charge in [0, 0.05) is 24.4 Å². The highest BCUT2D eigenvalue weighted by Crippen LogP contribution is 2.42. The average molecular weight is 283 g/mol. The number of Topliss-reactive ketones (excluding diaryl/α,β-unsaturated/α-hetero) is 1. The minimum absolute atomic E-state index is 0.168. The summed E-state index contributed by atoms with van der Waals surface area (Å²) < 4.78 is 0. The molecule has 1 aromatic carbocycles. The van der Waals surface area contributed by atoms with Crippen molar-refractivity contribution in [2.75, 3.05) is 0 Å². The highest BCUT2D eigenvalue weighted by atomic mass is 16.1. The van der Waals surface area contributed by atoms with Gasteiger partial charge in [-0.25, -0.2) is 0 Å². The van der Waals surface area contributed by atoms with E-state index in [2.05, 4.69) is 41.7 Å². The monoisotopic (exact) mass is 283 g/mol. The number of fused-ring (bicyclic) bond motifs is 2. The fraction of sp³-hybridized carbons (Fsp3) is 0.526. The lowest BCUT2D eigenvalue weighted by molar-refractivity contribution is -0.124. The smallest absolute Gasteiger partial charge is 0.137 e. The van der Waals surface area contributed by atoms with Crippen LogP contribution in [-0.2, 0) is 4.79 Å². The van der Waals surface area contributed by atoms with Crippen LogP contribution in [0.15, 0.2) is 30.3 Å². The molecule has 2 saturated heterocycles. The van der Waals surface area contributed by atoms with Gasteiger partial charge in [0.25, 0.3) is 0 Å². The van der Waals surface area contributed by atoms with Crippen molar-refractivity contribution in [2.24, 2.45) is 5.92 Å². The fourth-order valence-electron chi connectivity index (χ4n) is 4.13. The summed E-state index contributed by atoms with van der Waals surface area (Å²) in [6.45, 7) is 4.03. The van der Waals surface area contributed by atoms with E-state index in [9.17, 15) is 4.79 Å². The predicted octanol–water partition coefficient (Wildman–Crippen LogP) is 3.92. The van der Waals surface area contributed by atoms with Crippen molar-refractivity contribution in [3.8, 4) is 0 Å². The lowest BCUT2D eigenvalue weighted by Gasteiger charge is -2.37. The molecule has 0 aliphatic carbocycles. The summed E-state index contributed by atoms with van der Waals surface area (Å²) in [7, 11) is 0. The van der Waals surface area contributed by atoms with Gasteiger partial charge in [0.2, 0.25) is 0 Å². The molecular formula is C19H25NO. The molecule has 0 amide bonds. The van der Waals surface area contributed by atoms with Crippen LogP contribution >= 0.6 is 0 Å². The Bertz CT molecular complexity index is 531. The van der Waals surface area contributed by atoms with E-state index in [1.807, 2.05) is 13.8 Å². The molecule has 0 spiro atoms. The first-order valence-electron chi connectivity index (χ1n) is 8.24. The summed E-state index contributed by atoms with van der Waals surface area (Å²) in [5.41, 5.74) is 2.57. The van der Waals surface area contributed by atoms with E-state index in [-0.39, 0.29) is 5.92 Å².